The second-order valence-corrected chi connectivity index (χ2v) is 3.56. The number of aryl methyl sites for hydroxylation is 1. The lowest BCUT2D eigenvalue weighted by atomic mass is 10.1. The van der Waals surface area contributed by atoms with Crippen molar-refractivity contribution in [3.8, 4) is 11.8 Å². The Morgan fingerprint density at radius 1 is 1.53 bits per heavy atom. The molecule has 1 aromatic carbocycles. The number of aromatic nitrogens is 2. The highest BCUT2D eigenvalue weighted by molar-refractivity contribution is 5.34. The van der Waals surface area contributed by atoms with Gasteiger partial charge in [0.05, 0.1) is 18.0 Å². The first-order chi connectivity index (χ1) is 8.19. The second-order valence-electron chi connectivity index (χ2n) is 3.56. The molecule has 4 nitrogen and oxygen atoms in total. The molecule has 5 heteroatoms. The zero-order chi connectivity index (χ0) is 12.3. The lowest BCUT2D eigenvalue weighted by Gasteiger charge is -2.04. The summed E-state index contributed by atoms with van der Waals surface area (Å²) in [6.45, 7) is 0.278. The van der Waals surface area contributed by atoms with Gasteiger partial charge in [0.2, 0.25) is 0 Å². The lowest BCUT2D eigenvalue weighted by Crippen LogP contribution is -1.96. The Hall–Kier alpha value is -2.35. The third-order valence-electron chi connectivity index (χ3n) is 2.24. The summed E-state index contributed by atoms with van der Waals surface area (Å²) in [4.78, 5) is 0. The number of nitriles is 1. The molecule has 0 N–H and O–H groups in total. The molecule has 0 aliphatic heterocycles. The van der Waals surface area contributed by atoms with Crippen LogP contribution in [0, 0.1) is 17.1 Å². The van der Waals surface area contributed by atoms with E-state index in [1.54, 1.807) is 36.3 Å². The van der Waals surface area contributed by atoms with Crippen molar-refractivity contribution in [2.24, 2.45) is 7.05 Å². The summed E-state index contributed by atoms with van der Waals surface area (Å²) in [5, 5.41) is 12.6. The van der Waals surface area contributed by atoms with Crippen molar-refractivity contribution in [1.29, 1.82) is 5.26 Å². The maximum absolute atomic E-state index is 13.1. The van der Waals surface area contributed by atoms with Crippen LogP contribution < -0.4 is 4.74 Å². The molecule has 0 saturated heterocycles. The van der Waals surface area contributed by atoms with E-state index in [0.29, 0.717) is 5.75 Å². The molecule has 0 saturated carbocycles. The topological polar surface area (TPSA) is 50.8 Å². The highest BCUT2D eigenvalue weighted by Gasteiger charge is 2.04. The molecule has 0 atom stereocenters. The van der Waals surface area contributed by atoms with Gasteiger partial charge < -0.3 is 4.74 Å². The smallest absolute Gasteiger partial charge is 0.157 e. The van der Waals surface area contributed by atoms with E-state index in [4.69, 9.17) is 10.00 Å². The Morgan fingerprint density at radius 2 is 2.35 bits per heavy atom. The number of rotatable bonds is 3. The van der Waals surface area contributed by atoms with Crippen LogP contribution in [-0.4, -0.2) is 9.78 Å². The van der Waals surface area contributed by atoms with Gasteiger partial charge in [0.15, 0.2) is 5.75 Å². The molecule has 0 radical (unpaired) electrons. The number of nitrogens with zero attached hydrogens (tertiary/aromatic N) is 3. The molecule has 0 bridgehead atoms. The predicted octanol–water partition coefficient (Wildman–Crippen LogP) is 2.01. The minimum Gasteiger partial charge on any atom is -0.486 e. The molecule has 0 fully saturated rings. The minimum absolute atomic E-state index is 0.0253. The highest BCUT2D eigenvalue weighted by atomic mass is 19.1. The second kappa shape index (κ2) is 4.66. The SMILES string of the molecule is Cn1cc(OCc2ccc(F)c(C#N)c2)cn1. The van der Waals surface area contributed by atoms with Gasteiger partial charge >= 0.3 is 0 Å². The van der Waals surface area contributed by atoms with Crippen LogP contribution in [0.15, 0.2) is 30.6 Å². The lowest BCUT2D eigenvalue weighted by molar-refractivity contribution is 0.305. The van der Waals surface area contributed by atoms with E-state index in [1.807, 2.05) is 0 Å². The normalized spacial score (nSPS) is 9.94. The molecule has 0 aliphatic rings. The number of hydrogen-bond acceptors (Lipinski definition) is 3. The van der Waals surface area contributed by atoms with Crippen molar-refractivity contribution in [2.45, 2.75) is 6.61 Å². The van der Waals surface area contributed by atoms with Gasteiger partial charge in [-0.15, -0.1) is 0 Å². The number of ether oxygens (including phenoxy) is 1. The van der Waals surface area contributed by atoms with E-state index < -0.39 is 5.82 Å². The van der Waals surface area contributed by atoms with Crippen LogP contribution in [0.5, 0.6) is 5.75 Å². The van der Waals surface area contributed by atoms with Gasteiger partial charge in [-0.05, 0) is 17.7 Å². The molecule has 0 unspecified atom stereocenters. The quantitative estimate of drug-likeness (QED) is 0.811. The fraction of sp³-hybridized carbons (Fsp3) is 0.167. The molecule has 2 rings (SSSR count). The van der Waals surface area contributed by atoms with Crippen LogP contribution in [0.3, 0.4) is 0 Å². The molecule has 0 spiro atoms. The average molecular weight is 231 g/mol. The van der Waals surface area contributed by atoms with Gasteiger partial charge in [-0.1, -0.05) is 6.07 Å². The van der Waals surface area contributed by atoms with Crippen molar-refractivity contribution >= 4 is 0 Å². The predicted molar refractivity (Wildman–Crippen MR) is 58.7 cm³/mol. The van der Waals surface area contributed by atoms with Crippen molar-refractivity contribution in [3.05, 3.63) is 47.5 Å². The summed E-state index contributed by atoms with van der Waals surface area (Å²) in [7, 11) is 1.79. The fourth-order valence-corrected chi connectivity index (χ4v) is 1.39. The van der Waals surface area contributed by atoms with E-state index in [-0.39, 0.29) is 12.2 Å². The molecule has 0 aliphatic carbocycles. The maximum Gasteiger partial charge on any atom is 0.157 e. The standard InChI is InChI=1S/C12H10FN3O/c1-16-7-11(6-15-16)17-8-9-2-3-12(13)10(4-9)5-14/h2-4,6-7H,8H2,1H3. The monoisotopic (exact) mass is 231 g/mol. The van der Waals surface area contributed by atoms with Gasteiger partial charge in [-0.25, -0.2) is 4.39 Å². The summed E-state index contributed by atoms with van der Waals surface area (Å²) in [5.74, 6) is 0.118. The fourth-order valence-electron chi connectivity index (χ4n) is 1.39. The van der Waals surface area contributed by atoms with Crippen LogP contribution in [0.2, 0.25) is 0 Å². The van der Waals surface area contributed by atoms with Gasteiger partial charge in [0.1, 0.15) is 18.5 Å². The van der Waals surface area contributed by atoms with Crippen LogP contribution in [0.4, 0.5) is 4.39 Å². The molecule has 1 heterocycles. The first kappa shape index (κ1) is 11.1. The highest BCUT2D eigenvalue weighted by Crippen LogP contribution is 2.13. The maximum atomic E-state index is 13.1. The number of hydrogen-bond donors (Lipinski definition) is 0. The van der Waals surface area contributed by atoms with E-state index in [1.165, 1.54) is 12.1 Å². The summed E-state index contributed by atoms with van der Waals surface area (Å²) in [6, 6.07) is 6.12. The van der Waals surface area contributed by atoms with Crippen molar-refractivity contribution in [2.75, 3.05) is 0 Å². The van der Waals surface area contributed by atoms with Crippen molar-refractivity contribution in [3.63, 3.8) is 0 Å². The average Bonchev–Trinajstić information content (AvgIpc) is 2.74. The zero-order valence-electron chi connectivity index (χ0n) is 9.22. The molecular weight excluding hydrogens is 221 g/mol. The van der Waals surface area contributed by atoms with E-state index in [9.17, 15) is 4.39 Å². The summed E-state index contributed by atoms with van der Waals surface area (Å²) in [5.41, 5.74) is 0.768. The van der Waals surface area contributed by atoms with Crippen molar-refractivity contribution < 1.29 is 9.13 Å². The zero-order valence-corrected chi connectivity index (χ0v) is 9.22. The first-order valence-corrected chi connectivity index (χ1v) is 4.99. The summed E-state index contributed by atoms with van der Waals surface area (Å²) in [6.07, 6.45) is 3.32. The first-order valence-electron chi connectivity index (χ1n) is 4.99. The minimum atomic E-state index is -0.516. The van der Waals surface area contributed by atoms with Gasteiger partial charge in [0.25, 0.3) is 0 Å². The summed E-state index contributed by atoms with van der Waals surface area (Å²) >= 11 is 0. The van der Waals surface area contributed by atoms with Crippen LogP contribution >= 0.6 is 0 Å². The van der Waals surface area contributed by atoms with E-state index in [2.05, 4.69) is 5.10 Å². The number of benzene rings is 1. The van der Waals surface area contributed by atoms with Gasteiger partial charge in [0, 0.05) is 7.05 Å². The van der Waals surface area contributed by atoms with Crippen LogP contribution in [-0.2, 0) is 13.7 Å². The Labute approximate surface area is 97.9 Å². The van der Waals surface area contributed by atoms with Gasteiger partial charge in [-0.3, -0.25) is 4.68 Å². The molecule has 0 amide bonds. The van der Waals surface area contributed by atoms with Crippen molar-refractivity contribution in [1.82, 2.24) is 9.78 Å². The Morgan fingerprint density at radius 3 is 3.00 bits per heavy atom. The Bertz CT molecular complexity index is 571. The Kier molecular flexibility index (Phi) is 3.06. The molecule has 17 heavy (non-hydrogen) atoms. The molecule has 1 aromatic heterocycles. The molecular formula is C12H10FN3O. The largest absolute Gasteiger partial charge is 0.486 e. The van der Waals surface area contributed by atoms with E-state index >= 15 is 0 Å². The molecule has 2 aromatic rings. The summed E-state index contributed by atoms with van der Waals surface area (Å²) < 4.78 is 20.1. The van der Waals surface area contributed by atoms with Crippen LogP contribution in [0.25, 0.3) is 0 Å². The third kappa shape index (κ3) is 2.61. The van der Waals surface area contributed by atoms with Gasteiger partial charge in [-0.2, -0.15) is 10.4 Å². The van der Waals surface area contributed by atoms with E-state index in [0.717, 1.165) is 5.56 Å². The molecule has 86 valence electrons. The number of halogens is 1. The van der Waals surface area contributed by atoms with Crippen LogP contribution in [0.1, 0.15) is 11.1 Å². The third-order valence-corrected chi connectivity index (χ3v) is 2.24. The Balaban J connectivity index is 2.07.